The van der Waals surface area contributed by atoms with Gasteiger partial charge < -0.3 is 0 Å². The van der Waals surface area contributed by atoms with Crippen LogP contribution in [-0.2, 0) is 11.8 Å². The van der Waals surface area contributed by atoms with Crippen molar-refractivity contribution in [3.05, 3.63) is 12.3 Å². The zero-order chi connectivity index (χ0) is 19.7. The number of hydrogen-bond donors (Lipinski definition) is 0. The van der Waals surface area contributed by atoms with Crippen LogP contribution in [-0.4, -0.2) is 79.9 Å². The predicted octanol–water partition coefficient (Wildman–Crippen LogP) is 2.60. The molecule has 1 fully saturated rings. The monoisotopic (exact) mass is 472 g/mol. The van der Waals surface area contributed by atoms with E-state index in [4.69, 9.17) is 4.74 Å². The molecule has 148 valence electrons. The number of ether oxygens (including phenoxy) is 1. The van der Waals surface area contributed by atoms with Crippen molar-refractivity contribution >= 4 is 28.2 Å². The van der Waals surface area contributed by atoms with Crippen LogP contribution in [0.3, 0.4) is 0 Å². The number of nitrogens with zero attached hydrogens (tertiary/aromatic N) is 4. The van der Waals surface area contributed by atoms with Crippen LogP contribution in [0.15, 0.2) is 12.3 Å². The van der Waals surface area contributed by atoms with Crippen molar-refractivity contribution in [1.82, 2.24) is 19.6 Å². The molecule has 26 heavy (non-hydrogen) atoms. The number of piperazine rings is 1. The summed E-state index contributed by atoms with van der Waals surface area (Å²) in [5, 5.41) is 4.44. The molecule has 0 saturated carbocycles. The molecule has 7 heteroatoms. The summed E-state index contributed by atoms with van der Waals surface area (Å²) in [6.07, 6.45) is 1.74. The minimum atomic E-state index is -2.69. The Bertz CT molecular complexity index is 617. The summed E-state index contributed by atoms with van der Waals surface area (Å²) in [6.45, 7) is 16.2. The maximum atomic E-state index is 12.3. The van der Waals surface area contributed by atoms with Crippen LogP contribution in [0.1, 0.15) is 41.5 Å². The average molecular weight is 471 g/mol. The Balaban J connectivity index is 2.08. The van der Waals surface area contributed by atoms with Gasteiger partial charge in [-0.05, 0) is 0 Å². The number of rotatable bonds is 4. The molecule has 0 radical (unpaired) electrons. The van der Waals surface area contributed by atoms with Gasteiger partial charge >= 0.3 is 163 Å². The molecule has 2 atom stereocenters. The van der Waals surface area contributed by atoms with Gasteiger partial charge in [0.05, 0.1) is 0 Å². The van der Waals surface area contributed by atoms with Gasteiger partial charge in [-0.3, -0.25) is 0 Å². The van der Waals surface area contributed by atoms with Crippen molar-refractivity contribution in [2.45, 2.75) is 60.1 Å². The first-order valence-electron chi connectivity index (χ1n) is 9.67. The van der Waals surface area contributed by atoms with E-state index in [0.717, 1.165) is 26.2 Å². The Kier molecular flexibility index (Phi) is 6.70. The van der Waals surface area contributed by atoms with Crippen molar-refractivity contribution in [2.75, 3.05) is 26.2 Å². The quantitative estimate of drug-likeness (QED) is 0.634. The van der Waals surface area contributed by atoms with Crippen molar-refractivity contribution in [2.24, 2.45) is 7.05 Å². The minimum absolute atomic E-state index is 0.188. The first-order chi connectivity index (χ1) is 12.0. The van der Waals surface area contributed by atoms with Gasteiger partial charge in [0.2, 0.25) is 0 Å². The fourth-order valence-corrected chi connectivity index (χ4v) is 15.8. The van der Waals surface area contributed by atoms with Gasteiger partial charge in [-0.2, -0.15) is 0 Å². The van der Waals surface area contributed by atoms with E-state index in [1.54, 1.807) is 0 Å². The zero-order valence-electron chi connectivity index (χ0n) is 17.7. The van der Waals surface area contributed by atoms with E-state index in [0.29, 0.717) is 7.99 Å². The third kappa shape index (κ3) is 4.55. The molecule has 1 aromatic rings. The molecule has 0 aromatic carbocycles. The summed E-state index contributed by atoms with van der Waals surface area (Å²) in [6, 6.07) is 2.23. The van der Waals surface area contributed by atoms with Crippen LogP contribution in [0.2, 0.25) is 8.87 Å². The average Bonchev–Trinajstić information content (AvgIpc) is 2.98. The standard InChI is InChI=1S/C11H21N2O2.C4H5N2.C3H7.CH3.Sn/c1-5-12-6-8-13(9-7-12)10(14)15-11(2,3)4;1-6-4-2-3-5-6;1-3-2;;/h5H,6-9H2,1-4H3;2-3H,1H3;3H,1-2H3;1H3;. The molecule has 1 aliphatic rings. The van der Waals surface area contributed by atoms with Gasteiger partial charge in [-0.25, -0.2) is 0 Å². The molecule has 0 bridgehead atoms. The van der Waals surface area contributed by atoms with Gasteiger partial charge in [0.15, 0.2) is 0 Å². The van der Waals surface area contributed by atoms with E-state index in [1.807, 2.05) is 31.9 Å². The fraction of sp³-hybridized carbons (Fsp3) is 0.789. The van der Waals surface area contributed by atoms with Crippen molar-refractivity contribution in [3.8, 4) is 0 Å². The van der Waals surface area contributed by atoms with Gasteiger partial charge in [0, 0.05) is 0 Å². The molecule has 2 heterocycles. The van der Waals surface area contributed by atoms with Crippen LogP contribution < -0.4 is 3.71 Å². The second-order valence-electron chi connectivity index (χ2n) is 8.96. The molecule has 1 aliphatic heterocycles. The summed E-state index contributed by atoms with van der Waals surface area (Å²) < 4.78 is 10.3. The maximum absolute atomic E-state index is 12.3. The zero-order valence-corrected chi connectivity index (χ0v) is 20.6. The van der Waals surface area contributed by atoms with Crippen LogP contribution in [0.25, 0.3) is 0 Å². The van der Waals surface area contributed by atoms with E-state index in [1.165, 1.54) is 3.71 Å². The summed E-state index contributed by atoms with van der Waals surface area (Å²) in [5.74, 6) is 0. The second kappa shape index (κ2) is 8.08. The number of carbonyl (C=O) groups excluding carboxylic acids is 1. The Morgan fingerprint density at radius 1 is 1.19 bits per heavy atom. The second-order valence-corrected chi connectivity index (χ2v) is 23.4. The van der Waals surface area contributed by atoms with Crippen LogP contribution >= 0.6 is 0 Å². The summed E-state index contributed by atoms with van der Waals surface area (Å²) in [7, 11) is 2.07. The number of amides is 1. The van der Waals surface area contributed by atoms with E-state index in [9.17, 15) is 4.79 Å². The van der Waals surface area contributed by atoms with Crippen LogP contribution in [0, 0.1) is 0 Å². The molecular formula is C19H36N4O2Sn. The molecule has 1 saturated heterocycles. The number of aromatic nitrogens is 2. The molecule has 2 unspecified atom stereocenters. The van der Waals surface area contributed by atoms with E-state index in [2.05, 4.69) is 53.5 Å². The number of carbonyl (C=O) groups is 1. The molecule has 1 amide bonds. The summed E-state index contributed by atoms with van der Waals surface area (Å²) in [4.78, 5) is 19.3. The van der Waals surface area contributed by atoms with Crippen LogP contribution in [0.5, 0.6) is 0 Å². The van der Waals surface area contributed by atoms with Crippen molar-refractivity contribution in [3.63, 3.8) is 0 Å². The fourth-order valence-electron chi connectivity index (χ4n) is 3.89. The number of hydrogen-bond acceptors (Lipinski definition) is 4. The van der Waals surface area contributed by atoms with Gasteiger partial charge in [-0.1, -0.05) is 0 Å². The molecule has 6 nitrogen and oxygen atoms in total. The first kappa shape index (κ1) is 21.5. The van der Waals surface area contributed by atoms with E-state index < -0.39 is 24.0 Å². The third-order valence-corrected chi connectivity index (χ3v) is 23.3. The van der Waals surface area contributed by atoms with E-state index >= 15 is 0 Å². The Morgan fingerprint density at radius 2 is 1.77 bits per heavy atom. The molecule has 2 rings (SSSR count). The first-order valence-corrected chi connectivity index (χ1v) is 17.2. The van der Waals surface area contributed by atoms with E-state index in [-0.39, 0.29) is 6.09 Å². The molecule has 0 aliphatic carbocycles. The molecule has 1 aromatic heterocycles. The van der Waals surface area contributed by atoms with Gasteiger partial charge in [-0.15, -0.1) is 0 Å². The summed E-state index contributed by atoms with van der Waals surface area (Å²) in [5.41, 5.74) is -0.437. The topological polar surface area (TPSA) is 50.6 Å². The summed E-state index contributed by atoms with van der Waals surface area (Å²) >= 11 is -2.69. The third-order valence-electron chi connectivity index (χ3n) is 5.95. The van der Waals surface area contributed by atoms with Gasteiger partial charge in [0.1, 0.15) is 0 Å². The Morgan fingerprint density at radius 3 is 2.19 bits per heavy atom. The van der Waals surface area contributed by atoms with Crippen molar-refractivity contribution < 1.29 is 9.53 Å². The Hall–Kier alpha value is -0.761. The van der Waals surface area contributed by atoms with Crippen LogP contribution in [0.4, 0.5) is 4.79 Å². The van der Waals surface area contributed by atoms with Crippen molar-refractivity contribution in [1.29, 1.82) is 0 Å². The Labute approximate surface area is 162 Å². The molecular weight excluding hydrogens is 435 g/mol. The van der Waals surface area contributed by atoms with Gasteiger partial charge in [0.25, 0.3) is 0 Å². The normalized spacial score (nSPS) is 20.1. The number of aryl methyl sites for hydroxylation is 1. The molecule has 0 N–H and O–H groups in total. The molecule has 0 spiro atoms. The SMILES string of the molecule is C[CH](C)[Sn]([CH3])([c]1ccnn1C)[CH](C)N1CCN(C(=O)OC(C)(C)C)CC1. The predicted molar refractivity (Wildman–Crippen MR) is 108 cm³/mol.